The predicted molar refractivity (Wildman–Crippen MR) is 130 cm³/mol. The summed E-state index contributed by atoms with van der Waals surface area (Å²) >= 11 is 1.28. The highest BCUT2D eigenvalue weighted by molar-refractivity contribution is 8.00. The molecule has 0 amide bonds. The second-order valence-corrected chi connectivity index (χ2v) is 12.1. The van der Waals surface area contributed by atoms with E-state index >= 15 is 0 Å². The molecule has 0 aliphatic heterocycles. The number of hydrogen-bond acceptors (Lipinski definition) is 8. The molecule has 9 heteroatoms. The summed E-state index contributed by atoms with van der Waals surface area (Å²) in [6, 6.07) is 0. The van der Waals surface area contributed by atoms with Gasteiger partial charge in [0.05, 0.1) is 18.2 Å². The quantitative estimate of drug-likeness (QED) is 0.437. The fourth-order valence-electron chi connectivity index (χ4n) is 7.89. The first-order valence-corrected chi connectivity index (χ1v) is 13.3. The van der Waals surface area contributed by atoms with Crippen LogP contribution in [0, 0.1) is 28.6 Å². The van der Waals surface area contributed by atoms with Crippen molar-refractivity contribution in [2.75, 3.05) is 5.75 Å². The normalized spacial score (nSPS) is 40.2. The van der Waals surface area contributed by atoms with Gasteiger partial charge in [0.25, 0.3) is 0 Å². The molecule has 2 aromatic heterocycles. The highest BCUT2D eigenvalue weighted by Crippen LogP contribution is 2.67. The third kappa shape index (κ3) is 3.17. The fourth-order valence-corrected chi connectivity index (χ4v) is 8.82. The van der Waals surface area contributed by atoms with Gasteiger partial charge in [0, 0.05) is 16.7 Å². The molecule has 6 rings (SSSR count). The third-order valence-electron chi connectivity index (χ3n) is 9.64. The zero-order chi connectivity index (χ0) is 24.6. The number of nitrogens with one attached hydrogen (secondary N) is 1. The molecule has 3 fully saturated rings. The smallest absolute Gasteiger partial charge is 0.181 e. The van der Waals surface area contributed by atoms with E-state index < -0.39 is 17.1 Å². The van der Waals surface area contributed by atoms with E-state index in [9.17, 15) is 19.8 Å². The number of nitrogens with zero attached hydrogens (tertiary/aromatic N) is 3. The van der Waals surface area contributed by atoms with Gasteiger partial charge in [0.15, 0.2) is 17.2 Å². The zero-order valence-electron chi connectivity index (χ0n) is 19.9. The van der Waals surface area contributed by atoms with E-state index in [1.165, 1.54) is 18.1 Å². The van der Waals surface area contributed by atoms with Crippen LogP contribution in [0.3, 0.4) is 0 Å². The molecule has 0 bridgehead atoms. The van der Waals surface area contributed by atoms with Crippen molar-refractivity contribution >= 4 is 34.5 Å². The number of rotatable bonds is 4. The maximum absolute atomic E-state index is 13.6. The van der Waals surface area contributed by atoms with Crippen molar-refractivity contribution in [3.63, 3.8) is 0 Å². The van der Waals surface area contributed by atoms with E-state index in [2.05, 4.69) is 26.9 Å². The number of H-pyrrole nitrogens is 1. The predicted octanol–water partition coefficient (Wildman–Crippen LogP) is 3.02. The summed E-state index contributed by atoms with van der Waals surface area (Å²) in [5, 5.41) is 24.0. The molecular formula is C26H30N4O4S. The number of thioether (sulfide) groups is 1. The molecule has 0 aromatic carbocycles. The number of fused-ring (bicyclic) bond motifs is 6. The Labute approximate surface area is 207 Å². The average Bonchev–Trinajstić information content (AvgIpc) is 3.41. The summed E-state index contributed by atoms with van der Waals surface area (Å²) in [5.41, 5.74) is -0.231. The van der Waals surface area contributed by atoms with Crippen molar-refractivity contribution in [3.8, 4) is 0 Å². The van der Waals surface area contributed by atoms with Crippen LogP contribution in [0.5, 0.6) is 0 Å². The number of carbonyl (C=O) groups excluding carboxylic acids is 2. The number of aromatic nitrogens is 4. The summed E-state index contributed by atoms with van der Waals surface area (Å²) in [6.07, 6.45) is 10.9. The number of carbonyl (C=O) groups is 2. The van der Waals surface area contributed by atoms with E-state index in [1.807, 2.05) is 13.0 Å². The molecule has 0 saturated heterocycles. The number of imidazole rings is 1. The lowest BCUT2D eigenvalue weighted by molar-refractivity contribution is -0.174. The molecule has 3 N–H and O–H groups in total. The summed E-state index contributed by atoms with van der Waals surface area (Å²) in [7, 11) is 0. The van der Waals surface area contributed by atoms with Gasteiger partial charge in [-0.15, -0.1) is 0 Å². The van der Waals surface area contributed by atoms with Crippen LogP contribution in [-0.4, -0.2) is 59.2 Å². The maximum atomic E-state index is 13.6. The number of Topliss-reactive ketones (excluding diaryl/α,β-unsaturated/α-hetero) is 1. The Morgan fingerprint density at radius 2 is 2.09 bits per heavy atom. The van der Waals surface area contributed by atoms with Crippen LogP contribution in [-0.2, 0) is 9.59 Å². The Bertz CT molecular complexity index is 1290. The highest BCUT2D eigenvalue weighted by Gasteiger charge is 2.67. The molecule has 0 radical (unpaired) electrons. The highest BCUT2D eigenvalue weighted by atomic mass is 32.2. The summed E-state index contributed by atoms with van der Waals surface area (Å²) in [6.45, 7) is 4.13. The zero-order valence-corrected chi connectivity index (χ0v) is 20.7. The molecule has 8 nitrogen and oxygen atoms in total. The monoisotopic (exact) mass is 494 g/mol. The molecule has 3 saturated carbocycles. The lowest BCUT2D eigenvalue weighted by Gasteiger charge is -2.59. The second-order valence-electron chi connectivity index (χ2n) is 11.1. The first kappa shape index (κ1) is 23.1. The summed E-state index contributed by atoms with van der Waals surface area (Å²) < 4.78 is 0. The fraction of sp³-hybridized carbons (Fsp3) is 0.577. The molecule has 184 valence electrons. The number of aromatic amines is 1. The van der Waals surface area contributed by atoms with Crippen molar-refractivity contribution in [1.29, 1.82) is 0 Å². The average molecular weight is 495 g/mol. The van der Waals surface area contributed by atoms with Crippen LogP contribution in [0.4, 0.5) is 0 Å². The van der Waals surface area contributed by atoms with Gasteiger partial charge in [-0.25, -0.2) is 15.0 Å². The van der Waals surface area contributed by atoms with Crippen LogP contribution in [0.2, 0.25) is 0 Å². The van der Waals surface area contributed by atoms with Crippen LogP contribution in [0.15, 0.2) is 41.5 Å². The Balaban J connectivity index is 1.26. The van der Waals surface area contributed by atoms with E-state index in [0.717, 1.165) is 24.8 Å². The molecule has 4 aliphatic rings. The van der Waals surface area contributed by atoms with E-state index in [4.69, 9.17) is 0 Å². The minimum atomic E-state index is -1.49. The number of allylic oxidation sites excluding steroid dienone is 4. The van der Waals surface area contributed by atoms with Crippen LogP contribution >= 0.6 is 11.8 Å². The third-order valence-corrected chi connectivity index (χ3v) is 10.6. The van der Waals surface area contributed by atoms with E-state index in [1.54, 1.807) is 18.5 Å². The largest absolute Gasteiger partial charge is 0.393 e. The first-order valence-electron chi connectivity index (χ1n) is 12.3. The first-order chi connectivity index (χ1) is 16.7. The molecule has 4 aliphatic carbocycles. The number of hydrogen-bond donors (Lipinski definition) is 3. The number of aliphatic hydroxyl groups excluding tert-OH is 1. The van der Waals surface area contributed by atoms with Gasteiger partial charge < -0.3 is 15.2 Å². The van der Waals surface area contributed by atoms with E-state index in [-0.39, 0.29) is 40.5 Å². The van der Waals surface area contributed by atoms with Crippen molar-refractivity contribution in [1.82, 2.24) is 19.9 Å². The molecule has 2 aromatic rings. The standard InChI is InChI=1S/C26H30N4O4S/c1-24-7-5-15(31)9-14(24)3-4-16-17-6-8-26(34,25(17,2)10-18(32)20(16)24)19(33)11-35-23-21-22(28-12-27-21)29-13-30-23/h5,7,9,12-13,16-18,20,32,34H,3-4,6,8,10-11H2,1-2H3,(H,27,28,29,30)/t16-,17-,18+,20+,24-,25-,26+/m0/s1. The summed E-state index contributed by atoms with van der Waals surface area (Å²) in [4.78, 5) is 41.1. The van der Waals surface area contributed by atoms with Crippen molar-refractivity contribution in [2.45, 2.75) is 62.7 Å². The van der Waals surface area contributed by atoms with Gasteiger partial charge in [-0.3, -0.25) is 9.59 Å². The van der Waals surface area contributed by atoms with Gasteiger partial charge in [-0.2, -0.15) is 0 Å². The number of ketones is 2. The summed E-state index contributed by atoms with van der Waals surface area (Å²) in [5.74, 6) is 0.188. The molecule has 0 spiro atoms. The Kier molecular flexibility index (Phi) is 5.15. The molecule has 2 heterocycles. The van der Waals surface area contributed by atoms with Gasteiger partial charge >= 0.3 is 0 Å². The van der Waals surface area contributed by atoms with Crippen LogP contribution in [0.25, 0.3) is 11.2 Å². The van der Waals surface area contributed by atoms with Crippen molar-refractivity contribution in [3.05, 3.63) is 36.5 Å². The SMILES string of the molecule is C[C@]12C=CC(=O)C=C1CC[C@@H]1[C@@H]2[C@H](O)C[C@@]2(C)[C@H]1CC[C@@]2(O)C(=O)CSc1ncnc2nc[nH]c12. The van der Waals surface area contributed by atoms with Crippen molar-refractivity contribution < 1.29 is 19.8 Å². The second kappa shape index (κ2) is 7.82. The molecular weight excluding hydrogens is 464 g/mol. The molecule has 35 heavy (non-hydrogen) atoms. The maximum Gasteiger partial charge on any atom is 0.181 e. The number of aliphatic hydroxyl groups is 2. The van der Waals surface area contributed by atoms with Crippen molar-refractivity contribution in [2.24, 2.45) is 28.6 Å². The molecule has 7 atom stereocenters. The Morgan fingerprint density at radius 3 is 2.91 bits per heavy atom. The molecule has 0 unspecified atom stereocenters. The lowest BCUT2D eigenvalue weighted by Crippen LogP contribution is -2.61. The Hall–Kier alpha value is -2.36. The van der Waals surface area contributed by atoms with Gasteiger partial charge in [0.1, 0.15) is 22.5 Å². The van der Waals surface area contributed by atoms with Gasteiger partial charge in [0.2, 0.25) is 0 Å². The Morgan fingerprint density at radius 1 is 1.26 bits per heavy atom. The topological polar surface area (TPSA) is 129 Å². The van der Waals surface area contributed by atoms with E-state index in [0.29, 0.717) is 29.0 Å². The van der Waals surface area contributed by atoms with Gasteiger partial charge in [-0.1, -0.05) is 37.3 Å². The minimum absolute atomic E-state index is 0.0143. The van der Waals surface area contributed by atoms with Gasteiger partial charge in [-0.05, 0) is 56.1 Å². The van der Waals surface area contributed by atoms with Crippen LogP contribution < -0.4 is 0 Å². The lowest BCUT2D eigenvalue weighted by atomic mass is 9.46. The van der Waals surface area contributed by atoms with Crippen LogP contribution in [0.1, 0.15) is 46.0 Å². The minimum Gasteiger partial charge on any atom is -0.393 e.